The highest BCUT2D eigenvalue weighted by atomic mass is 32.2. The van der Waals surface area contributed by atoms with Gasteiger partial charge in [0.1, 0.15) is 6.61 Å². The highest BCUT2D eigenvalue weighted by Crippen LogP contribution is 2.19. The van der Waals surface area contributed by atoms with Gasteiger partial charge < -0.3 is 14.9 Å². The van der Waals surface area contributed by atoms with Crippen LogP contribution < -0.4 is 9.46 Å². The fraction of sp³-hybridized carbons (Fsp3) is 0.632. The van der Waals surface area contributed by atoms with Crippen molar-refractivity contribution in [3.05, 3.63) is 29.8 Å². The lowest BCUT2D eigenvalue weighted by molar-refractivity contribution is -0.137. The van der Waals surface area contributed by atoms with Gasteiger partial charge in [0.2, 0.25) is 15.8 Å². The van der Waals surface area contributed by atoms with E-state index in [0.717, 1.165) is 18.9 Å². The number of unbranched alkanes of at least 4 members (excludes halogenated alkanes) is 4. The van der Waals surface area contributed by atoms with Crippen LogP contribution in [0.25, 0.3) is 0 Å². The normalized spacial score (nSPS) is 12.7. The summed E-state index contributed by atoms with van der Waals surface area (Å²) in [4.78, 5) is 10.4. The number of hydrogen-bond donors (Lipinski definition) is 3. The molecule has 1 aromatic rings. The summed E-state index contributed by atoms with van der Waals surface area (Å²) in [6.45, 7) is 0.0956. The van der Waals surface area contributed by atoms with Crippen LogP contribution in [-0.4, -0.2) is 49.6 Å². The number of aliphatic hydroxyl groups is 1. The highest BCUT2D eigenvalue weighted by molar-refractivity contribution is 7.89. The van der Waals surface area contributed by atoms with Gasteiger partial charge in [-0.05, 0) is 44.2 Å². The first-order valence-corrected chi connectivity index (χ1v) is 11.3. The molecule has 0 saturated heterocycles. The molecule has 1 unspecified atom stereocenters. The topological polar surface area (TPSA) is 113 Å². The van der Waals surface area contributed by atoms with Crippen molar-refractivity contribution in [3.63, 3.8) is 0 Å². The monoisotopic (exact) mass is 437 g/mol. The zero-order valence-corrected chi connectivity index (χ0v) is 17.1. The van der Waals surface area contributed by atoms with E-state index in [0.29, 0.717) is 32.2 Å². The van der Waals surface area contributed by atoms with E-state index in [1.807, 2.05) is 0 Å². The second-order valence-corrected chi connectivity index (χ2v) is 8.71. The lowest BCUT2D eigenvalue weighted by atomic mass is 10.1. The third-order valence-electron chi connectivity index (χ3n) is 4.19. The fourth-order valence-corrected chi connectivity index (χ4v) is 3.78. The maximum absolute atomic E-state index is 13.4. The number of aliphatic hydroxyl groups excluding tert-OH is 1. The summed E-state index contributed by atoms with van der Waals surface area (Å²) in [5.74, 6) is -3.33. The molecule has 10 heteroatoms. The molecule has 0 aliphatic heterocycles. The van der Waals surface area contributed by atoms with Crippen molar-refractivity contribution >= 4 is 16.0 Å². The van der Waals surface area contributed by atoms with Crippen LogP contribution in [0.15, 0.2) is 18.2 Å². The second-order valence-electron chi connectivity index (χ2n) is 6.78. The molecular weight excluding hydrogens is 408 g/mol. The SMILES string of the molecule is O=C(O)CCCCCCNS(=O)(=O)CCCCC(O)COc1cccc(F)c1F. The Kier molecular flexibility index (Phi) is 11.7. The summed E-state index contributed by atoms with van der Waals surface area (Å²) in [6.07, 6.45) is 2.99. The van der Waals surface area contributed by atoms with Gasteiger partial charge in [0.25, 0.3) is 0 Å². The third-order valence-corrected chi connectivity index (χ3v) is 5.66. The summed E-state index contributed by atoms with van der Waals surface area (Å²) in [5.41, 5.74) is 0. The molecule has 0 aliphatic rings. The predicted octanol–water partition coefficient (Wildman–Crippen LogP) is 2.83. The molecule has 3 N–H and O–H groups in total. The van der Waals surface area contributed by atoms with Gasteiger partial charge in [-0.2, -0.15) is 4.39 Å². The standard InChI is InChI=1S/C19H29F2NO6S/c20-16-9-7-10-17(19(16)21)28-14-15(23)8-4-6-13-29(26,27)22-12-5-2-1-3-11-18(24)25/h7,9-10,15,22-23H,1-6,8,11-14H2,(H,24,25). The van der Waals surface area contributed by atoms with Gasteiger partial charge in [-0.1, -0.05) is 18.9 Å². The van der Waals surface area contributed by atoms with Crippen LogP contribution in [0.5, 0.6) is 5.75 Å². The minimum atomic E-state index is -3.40. The van der Waals surface area contributed by atoms with E-state index in [1.54, 1.807) is 0 Å². The van der Waals surface area contributed by atoms with Gasteiger partial charge >= 0.3 is 5.97 Å². The summed E-state index contributed by atoms with van der Waals surface area (Å²) < 4.78 is 57.8. The lowest BCUT2D eigenvalue weighted by Crippen LogP contribution is -2.27. The van der Waals surface area contributed by atoms with Crippen molar-refractivity contribution < 1.29 is 36.9 Å². The number of rotatable bonds is 16. The first-order chi connectivity index (χ1) is 13.7. The van der Waals surface area contributed by atoms with Crippen molar-refractivity contribution in [1.82, 2.24) is 4.72 Å². The van der Waals surface area contributed by atoms with E-state index in [9.17, 15) is 27.1 Å². The average Bonchev–Trinajstić information content (AvgIpc) is 2.65. The predicted molar refractivity (Wildman–Crippen MR) is 104 cm³/mol. The number of aliphatic carboxylic acids is 1. The molecular formula is C19H29F2NO6S. The lowest BCUT2D eigenvalue weighted by Gasteiger charge is -2.13. The molecule has 0 amide bonds. The van der Waals surface area contributed by atoms with E-state index in [1.165, 1.54) is 12.1 Å². The van der Waals surface area contributed by atoms with Crippen molar-refractivity contribution in [2.75, 3.05) is 18.9 Å². The molecule has 0 aliphatic carbocycles. The van der Waals surface area contributed by atoms with Crippen LogP contribution in [-0.2, 0) is 14.8 Å². The van der Waals surface area contributed by atoms with Crippen LogP contribution >= 0.6 is 0 Å². The van der Waals surface area contributed by atoms with Crippen LogP contribution in [0.4, 0.5) is 8.78 Å². The van der Waals surface area contributed by atoms with Crippen molar-refractivity contribution in [2.45, 2.75) is 57.5 Å². The average molecular weight is 438 g/mol. The molecule has 166 valence electrons. The fourth-order valence-electron chi connectivity index (χ4n) is 2.59. The Bertz CT molecular complexity index is 729. The molecule has 0 fully saturated rings. The highest BCUT2D eigenvalue weighted by Gasteiger charge is 2.13. The van der Waals surface area contributed by atoms with Gasteiger partial charge in [-0.25, -0.2) is 17.5 Å². The summed E-state index contributed by atoms with van der Waals surface area (Å²) >= 11 is 0. The van der Waals surface area contributed by atoms with Crippen molar-refractivity contribution in [3.8, 4) is 5.75 Å². The Hall–Kier alpha value is -1.78. The molecule has 0 radical (unpaired) electrons. The molecule has 29 heavy (non-hydrogen) atoms. The molecule has 0 heterocycles. The number of sulfonamides is 1. The van der Waals surface area contributed by atoms with Gasteiger partial charge in [0.15, 0.2) is 11.6 Å². The molecule has 0 saturated carbocycles. The second kappa shape index (κ2) is 13.4. The minimum absolute atomic E-state index is 0.0713. The molecule has 0 aromatic heterocycles. The Morgan fingerprint density at radius 1 is 1.10 bits per heavy atom. The van der Waals surface area contributed by atoms with E-state index in [2.05, 4.69) is 4.72 Å². The maximum Gasteiger partial charge on any atom is 0.303 e. The van der Waals surface area contributed by atoms with Gasteiger partial charge in [-0.15, -0.1) is 0 Å². The van der Waals surface area contributed by atoms with Crippen molar-refractivity contribution in [2.24, 2.45) is 0 Å². The number of nitrogens with one attached hydrogen (secondary N) is 1. The molecule has 1 atom stereocenters. The summed E-state index contributed by atoms with van der Waals surface area (Å²) in [5, 5.41) is 18.4. The zero-order chi connectivity index (χ0) is 21.7. The number of halogens is 2. The number of hydrogen-bond acceptors (Lipinski definition) is 5. The number of carboxylic acid groups (broad SMARTS) is 1. The van der Waals surface area contributed by atoms with Crippen LogP contribution in [0.1, 0.15) is 51.4 Å². The third kappa shape index (κ3) is 11.7. The van der Waals surface area contributed by atoms with Gasteiger partial charge in [-0.3, -0.25) is 4.79 Å². The van der Waals surface area contributed by atoms with Crippen molar-refractivity contribution in [1.29, 1.82) is 0 Å². The quantitative estimate of drug-likeness (QED) is 0.343. The van der Waals surface area contributed by atoms with Crippen LogP contribution in [0, 0.1) is 11.6 Å². The molecule has 1 aromatic carbocycles. The van der Waals surface area contributed by atoms with E-state index < -0.39 is 33.7 Å². The molecule has 0 bridgehead atoms. The van der Waals surface area contributed by atoms with E-state index in [-0.39, 0.29) is 31.0 Å². The summed E-state index contributed by atoms with van der Waals surface area (Å²) in [7, 11) is -3.40. The molecule has 0 spiro atoms. The van der Waals surface area contributed by atoms with E-state index >= 15 is 0 Å². The maximum atomic E-state index is 13.4. The van der Waals surface area contributed by atoms with Crippen LogP contribution in [0.3, 0.4) is 0 Å². The van der Waals surface area contributed by atoms with Crippen LogP contribution in [0.2, 0.25) is 0 Å². The minimum Gasteiger partial charge on any atom is -0.488 e. The Labute approximate surface area is 170 Å². The largest absolute Gasteiger partial charge is 0.488 e. The first kappa shape index (κ1) is 25.3. The molecule has 7 nitrogen and oxygen atoms in total. The summed E-state index contributed by atoms with van der Waals surface area (Å²) in [6, 6.07) is 3.52. The van der Waals surface area contributed by atoms with Gasteiger partial charge in [0.05, 0.1) is 11.9 Å². The van der Waals surface area contributed by atoms with E-state index in [4.69, 9.17) is 9.84 Å². The van der Waals surface area contributed by atoms with Gasteiger partial charge in [0, 0.05) is 13.0 Å². The Morgan fingerprint density at radius 3 is 2.55 bits per heavy atom. The number of ether oxygens (including phenoxy) is 1. The molecule has 1 rings (SSSR count). The Balaban J connectivity index is 2.11. The smallest absolute Gasteiger partial charge is 0.303 e. The Morgan fingerprint density at radius 2 is 1.83 bits per heavy atom. The number of benzene rings is 1. The number of carboxylic acids is 1. The first-order valence-electron chi connectivity index (χ1n) is 9.65. The zero-order valence-electron chi connectivity index (χ0n) is 16.3. The number of carbonyl (C=O) groups is 1.